The number of hydrogen-bond acceptors (Lipinski definition) is 5. The third-order valence-corrected chi connectivity index (χ3v) is 4.06. The van der Waals surface area contributed by atoms with Gasteiger partial charge < -0.3 is 14.9 Å². The zero-order valence-corrected chi connectivity index (χ0v) is 16.4. The number of thiol groups is 1. The molecule has 0 saturated carbocycles. The SMILES string of the molecule is CC(C)(C)c1cc(C(=O)OCCCC(O)S)cc(C(C)(C)C)c1O. The Kier molecular flexibility index (Phi) is 6.76. The van der Waals surface area contributed by atoms with E-state index in [-0.39, 0.29) is 23.2 Å². The number of aliphatic hydroxyl groups excluding tert-OH is 1. The lowest BCUT2D eigenvalue weighted by molar-refractivity contribution is 0.0489. The molecule has 0 spiro atoms. The van der Waals surface area contributed by atoms with Gasteiger partial charge in [0.25, 0.3) is 0 Å². The van der Waals surface area contributed by atoms with Crippen LogP contribution in [0.5, 0.6) is 5.75 Å². The molecule has 0 amide bonds. The third-order valence-electron chi connectivity index (χ3n) is 3.80. The molecule has 2 N–H and O–H groups in total. The summed E-state index contributed by atoms with van der Waals surface area (Å²) < 4.78 is 5.29. The standard InChI is InChI=1S/C19H30O4S/c1-18(2,3)13-10-12(11-14(16(13)21)19(4,5)6)17(22)23-9-7-8-15(20)24/h10-11,15,20-21,24H,7-9H2,1-6H3. The van der Waals surface area contributed by atoms with Crippen LogP contribution in [0.4, 0.5) is 0 Å². The van der Waals surface area contributed by atoms with Crippen LogP contribution in [-0.4, -0.2) is 28.2 Å². The Morgan fingerprint density at radius 3 is 1.96 bits per heavy atom. The molecule has 1 unspecified atom stereocenters. The van der Waals surface area contributed by atoms with Crippen molar-refractivity contribution in [2.45, 2.75) is 70.7 Å². The second-order valence-electron chi connectivity index (χ2n) is 8.18. The number of phenolic OH excluding ortho intramolecular Hbond substituents is 1. The summed E-state index contributed by atoms with van der Waals surface area (Å²) in [6.07, 6.45) is 1.01. The highest BCUT2D eigenvalue weighted by molar-refractivity contribution is 7.80. The maximum Gasteiger partial charge on any atom is 0.338 e. The minimum Gasteiger partial charge on any atom is -0.507 e. The summed E-state index contributed by atoms with van der Waals surface area (Å²) in [6, 6.07) is 3.42. The average Bonchev–Trinajstić information content (AvgIpc) is 2.40. The molecule has 0 aliphatic heterocycles. The smallest absolute Gasteiger partial charge is 0.338 e. The summed E-state index contributed by atoms with van der Waals surface area (Å²) in [5.74, 6) is -0.176. The highest BCUT2D eigenvalue weighted by Gasteiger charge is 2.28. The predicted molar refractivity (Wildman–Crippen MR) is 100 cm³/mol. The van der Waals surface area contributed by atoms with Gasteiger partial charge in [-0.15, -0.1) is 12.6 Å². The fourth-order valence-electron chi connectivity index (χ4n) is 2.41. The monoisotopic (exact) mass is 354 g/mol. The van der Waals surface area contributed by atoms with E-state index in [1.807, 2.05) is 41.5 Å². The van der Waals surface area contributed by atoms with E-state index in [1.165, 1.54) is 0 Å². The van der Waals surface area contributed by atoms with Gasteiger partial charge in [0.05, 0.1) is 17.6 Å². The van der Waals surface area contributed by atoms with Crippen molar-refractivity contribution in [2.24, 2.45) is 0 Å². The van der Waals surface area contributed by atoms with Gasteiger partial charge in [-0.3, -0.25) is 0 Å². The van der Waals surface area contributed by atoms with Crippen molar-refractivity contribution in [3.05, 3.63) is 28.8 Å². The summed E-state index contributed by atoms with van der Waals surface area (Å²) in [4.78, 5) is 12.4. The summed E-state index contributed by atoms with van der Waals surface area (Å²) >= 11 is 3.88. The van der Waals surface area contributed by atoms with Crippen molar-refractivity contribution in [3.8, 4) is 5.75 Å². The highest BCUT2D eigenvalue weighted by Crippen LogP contribution is 2.39. The van der Waals surface area contributed by atoms with E-state index < -0.39 is 11.4 Å². The van der Waals surface area contributed by atoms with Crippen molar-refractivity contribution >= 4 is 18.6 Å². The Balaban J connectivity index is 3.13. The highest BCUT2D eigenvalue weighted by atomic mass is 32.1. The van der Waals surface area contributed by atoms with Gasteiger partial charge in [0.1, 0.15) is 5.75 Å². The van der Waals surface area contributed by atoms with E-state index in [0.717, 1.165) is 11.1 Å². The van der Waals surface area contributed by atoms with Crippen LogP contribution in [0.25, 0.3) is 0 Å². The molecule has 1 aromatic carbocycles. The number of esters is 1. The molecule has 1 rings (SSSR count). The van der Waals surface area contributed by atoms with Crippen molar-refractivity contribution in [2.75, 3.05) is 6.61 Å². The molecule has 24 heavy (non-hydrogen) atoms. The number of benzene rings is 1. The maximum absolute atomic E-state index is 12.4. The Morgan fingerprint density at radius 1 is 1.12 bits per heavy atom. The van der Waals surface area contributed by atoms with Crippen LogP contribution in [0.3, 0.4) is 0 Å². The van der Waals surface area contributed by atoms with Gasteiger partial charge in [0.2, 0.25) is 0 Å². The van der Waals surface area contributed by atoms with E-state index in [0.29, 0.717) is 18.4 Å². The summed E-state index contributed by atoms with van der Waals surface area (Å²) in [5.41, 5.74) is 0.610. The molecular formula is C19H30O4S. The van der Waals surface area contributed by atoms with Crippen LogP contribution in [0.15, 0.2) is 12.1 Å². The van der Waals surface area contributed by atoms with Crippen molar-refractivity contribution in [1.82, 2.24) is 0 Å². The van der Waals surface area contributed by atoms with Gasteiger partial charge >= 0.3 is 5.97 Å². The van der Waals surface area contributed by atoms with Gasteiger partial charge in [0, 0.05) is 11.1 Å². The number of aliphatic hydroxyl groups is 1. The fourth-order valence-corrected chi connectivity index (χ4v) is 2.59. The Morgan fingerprint density at radius 2 is 1.58 bits per heavy atom. The van der Waals surface area contributed by atoms with Crippen LogP contribution in [0.1, 0.15) is 75.9 Å². The van der Waals surface area contributed by atoms with Crippen LogP contribution in [-0.2, 0) is 15.6 Å². The fraction of sp³-hybridized carbons (Fsp3) is 0.632. The molecule has 0 heterocycles. The van der Waals surface area contributed by atoms with Gasteiger partial charge in [0.15, 0.2) is 0 Å². The molecule has 0 aromatic heterocycles. The number of phenols is 1. The van der Waals surface area contributed by atoms with Crippen LogP contribution in [0.2, 0.25) is 0 Å². The number of hydrogen-bond donors (Lipinski definition) is 3. The quantitative estimate of drug-likeness (QED) is 0.321. The second-order valence-corrected chi connectivity index (χ2v) is 8.77. The lowest BCUT2D eigenvalue weighted by atomic mass is 9.78. The second kappa shape index (κ2) is 7.79. The topological polar surface area (TPSA) is 66.8 Å². The molecule has 0 bridgehead atoms. The van der Waals surface area contributed by atoms with Crippen molar-refractivity contribution in [1.29, 1.82) is 0 Å². The first-order valence-corrected chi connectivity index (χ1v) is 8.77. The lowest BCUT2D eigenvalue weighted by Gasteiger charge is -2.28. The number of ether oxygens (including phenoxy) is 1. The molecule has 5 heteroatoms. The first-order chi connectivity index (χ1) is 10.8. The van der Waals surface area contributed by atoms with Crippen LogP contribution >= 0.6 is 12.6 Å². The molecule has 0 aliphatic rings. The molecule has 136 valence electrons. The normalized spacial score (nSPS) is 13.7. The lowest BCUT2D eigenvalue weighted by Crippen LogP contribution is -2.19. The van der Waals surface area contributed by atoms with E-state index >= 15 is 0 Å². The Labute approximate surface area is 150 Å². The third kappa shape index (κ3) is 5.71. The summed E-state index contributed by atoms with van der Waals surface area (Å²) in [5, 5.41) is 19.8. The maximum atomic E-state index is 12.4. The van der Waals surface area contributed by atoms with Gasteiger partial charge in [-0.1, -0.05) is 41.5 Å². The zero-order chi connectivity index (χ0) is 18.7. The molecule has 1 aromatic rings. The largest absolute Gasteiger partial charge is 0.507 e. The summed E-state index contributed by atoms with van der Waals surface area (Å²) in [6.45, 7) is 12.2. The van der Waals surface area contributed by atoms with E-state index in [1.54, 1.807) is 12.1 Å². The number of aromatic hydroxyl groups is 1. The minimum atomic E-state index is -0.697. The van der Waals surface area contributed by atoms with Gasteiger partial charge in [-0.05, 0) is 35.8 Å². The predicted octanol–water partition coefficient (Wildman–Crippen LogP) is 4.17. The van der Waals surface area contributed by atoms with E-state index in [4.69, 9.17) is 9.84 Å². The molecule has 0 saturated heterocycles. The van der Waals surface area contributed by atoms with Crippen molar-refractivity contribution < 1.29 is 19.7 Å². The Bertz CT molecular complexity index is 545. The van der Waals surface area contributed by atoms with Gasteiger partial charge in [-0.25, -0.2) is 4.79 Å². The number of carbonyl (C=O) groups excluding carboxylic acids is 1. The van der Waals surface area contributed by atoms with E-state index in [2.05, 4.69) is 12.6 Å². The summed E-state index contributed by atoms with van der Waals surface area (Å²) in [7, 11) is 0. The van der Waals surface area contributed by atoms with Crippen molar-refractivity contribution in [3.63, 3.8) is 0 Å². The molecule has 0 aliphatic carbocycles. The minimum absolute atomic E-state index is 0.229. The molecule has 0 radical (unpaired) electrons. The van der Waals surface area contributed by atoms with Crippen LogP contribution in [0, 0.1) is 0 Å². The number of rotatable bonds is 5. The average molecular weight is 355 g/mol. The Hall–Kier alpha value is -1.20. The molecule has 4 nitrogen and oxygen atoms in total. The van der Waals surface area contributed by atoms with Gasteiger partial charge in [-0.2, -0.15) is 0 Å². The first kappa shape index (κ1) is 20.8. The van der Waals surface area contributed by atoms with Crippen LogP contribution < -0.4 is 0 Å². The number of carbonyl (C=O) groups is 1. The van der Waals surface area contributed by atoms with E-state index in [9.17, 15) is 9.90 Å². The molecule has 0 fully saturated rings. The molecular weight excluding hydrogens is 324 g/mol. The molecule has 1 atom stereocenters. The first-order valence-electron chi connectivity index (χ1n) is 8.25. The zero-order valence-electron chi connectivity index (χ0n) is 15.5.